The highest BCUT2D eigenvalue weighted by Crippen LogP contribution is 2.34. The Hall–Kier alpha value is 0.0300. The first kappa shape index (κ1) is 13.5. The lowest BCUT2D eigenvalue weighted by molar-refractivity contribution is 0.104. The molecule has 0 aliphatic carbocycles. The maximum Gasteiger partial charge on any atom is 0.204 e. The van der Waals surface area contributed by atoms with Crippen LogP contribution in [-0.4, -0.2) is 5.78 Å². The van der Waals surface area contributed by atoms with Gasteiger partial charge in [0.05, 0.1) is 8.66 Å². The Morgan fingerprint density at radius 2 is 1.82 bits per heavy atom. The Bertz CT molecular complexity index is 570. The van der Waals surface area contributed by atoms with Crippen LogP contribution in [0.4, 0.5) is 0 Å². The molecule has 0 radical (unpaired) electrons. The monoisotopic (exact) mass is 436 g/mol. The standard InChI is InChI=1S/C12H7Br3OS/c1-6-2-3-7(8(13)4-6)11(16)10-5-9(14)12(15)17-10/h2-5H,1H3. The van der Waals surface area contributed by atoms with Crippen LogP contribution >= 0.6 is 59.1 Å². The zero-order valence-electron chi connectivity index (χ0n) is 8.76. The Morgan fingerprint density at radius 1 is 1.12 bits per heavy atom. The van der Waals surface area contributed by atoms with E-state index in [0.717, 1.165) is 18.3 Å². The van der Waals surface area contributed by atoms with Crippen LogP contribution in [0, 0.1) is 6.92 Å². The van der Waals surface area contributed by atoms with E-state index >= 15 is 0 Å². The number of benzene rings is 1. The van der Waals surface area contributed by atoms with Gasteiger partial charge in [0.2, 0.25) is 5.78 Å². The van der Waals surface area contributed by atoms with Crippen molar-refractivity contribution in [3.05, 3.63) is 53.0 Å². The van der Waals surface area contributed by atoms with Gasteiger partial charge in [0.25, 0.3) is 0 Å². The lowest BCUT2D eigenvalue weighted by atomic mass is 10.1. The minimum atomic E-state index is 0.0354. The fraction of sp³-hybridized carbons (Fsp3) is 0.0833. The summed E-state index contributed by atoms with van der Waals surface area (Å²) in [5.74, 6) is 0.0354. The van der Waals surface area contributed by atoms with Crippen molar-refractivity contribution in [2.24, 2.45) is 0 Å². The van der Waals surface area contributed by atoms with Crippen molar-refractivity contribution in [2.75, 3.05) is 0 Å². The first-order chi connectivity index (χ1) is 7.99. The molecule has 0 aliphatic heterocycles. The van der Waals surface area contributed by atoms with Crippen molar-refractivity contribution in [3.8, 4) is 0 Å². The van der Waals surface area contributed by atoms with Gasteiger partial charge in [0.1, 0.15) is 0 Å². The minimum Gasteiger partial charge on any atom is -0.288 e. The summed E-state index contributed by atoms with van der Waals surface area (Å²) in [5, 5.41) is 0. The predicted octanol–water partition coefficient (Wildman–Crippen LogP) is 5.58. The molecule has 1 heterocycles. The molecule has 0 saturated carbocycles. The normalized spacial score (nSPS) is 10.6. The fourth-order valence-corrected chi connectivity index (χ4v) is 4.06. The van der Waals surface area contributed by atoms with Crippen molar-refractivity contribution in [1.29, 1.82) is 0 Å². The van der Waals surface area contributed by atoms with Crippen molar-refractivity contribution in [1.82, 2.24) is 0 Å². The van der Waals surface area contributed by atoms with Crippen LogP contribution in [0.25, 0.3) is 0 Å². The van der Waals surface area contributed by atoms with Crippen LogP contribution in [-0.2, 0) is 0 Å². The molecule has 0 unspecified atom stereocenters. The Balaban J connectivity index is 2.43. The number of carbonyl (C=O) groups excluding carboxylic acids is 1. The Labute approximate surface area is 129 Å². The molecule has 0 bridgehead atoms. The lowest BCUT2D eigenvalue weighted by Crippen LogP contribution is -1.99. The molecule has 0 saturated heterocycles. The fourth-order valence-electron chi connectivity index (χ4n) is 1.40. The average molecular weight is 439 g/mol. The van der Waals surface area contributed by atoms with E-state index in [1.807, 2.05) is 31.2 Å². The summed E-state index contributed by atoms with van der Waals surface area (Å²) >= 11 is 11.6. The molecule has 0 amide bonds. The third-order valence-corrected chi connectivity index (χ3v) is 6.15. The molecule has 0 fully saturated rings. The maximum absolute atomic E-state index is 12.3. The van der Waals surface area contributed by atoms with Gasteiger partial charge in [-0.3, -0.25) is 4.79 Å². The first-order valence-electron chi connectivity index (χ1n) is 4.74. The number of carbonyl (C=O) groups is 1. The predicted molar refractivity (Wildman–Crippen MR) is 82.0 cm³/mol. The summed E-state index contributed by atoms with van der Waals surface area (Å²) in [5.41, 5.74) is 1.82. The topological polar surface area (TPSA) is 17.1 Å². The van der Waals surface area contributed by atoms with Crippen molar-refractivity contribution in [2.45, 2.75) is 6.92 Å². The number of rotatable bonds is 2. The van der Waals surface area contributed by atoms with E-state index in [9.17, 15) is 4.79 Å². The quantitative estimate of drug-likeness (QED) is 0.560. The van der Waals surface area contributed by atoms with Crippen LogP contribution in [0.5, 0.6) is 0 Å². The van der Waals surface area contributed by atoms with Crippen LogP contribution < -0.4 is 0 Å². The number of halogens is 3. The summed E-state index contributed by atoms with van der Waals surface area (Å²) in [7, 11) is 0. The molecular weight excluding hydrogens is 432 g/mol. The second kappa shape index (κ2) is 5.34. The third-order valence-electron chi connectivity index (χ3n) is 2.24. The SMILES string of the molecule is Cc1ccc(C(=O)c2cc(Br)c(Br)s2)c(Br)c1. The van der Waals surface area contributed by atoms with E-state index in [4.69, 9.17) is 0 Å². The molecule has 2 rings (SSSR count). The van der Waals surface area contributed by atoms with Gasteiger partial charge in [0.15, 0.2) is 0 Å². The highest BCUT2D eigenvalue weighted by molar-refractivity contribution is 9.13. The molecule has 88 valence electrons. The van der Waals surface area contributed by atoms with Gasteiger partial charge in [-0.05, 0) is 62.5 Å². The second-order valence-electron chi connectivity index (χ2n) is 3.54. The molecule has 5 heteroatoms. The van der Waals surface area contributed by atoms with Gasteiger partial charge in [-0.25, -0.2) is 0 Å². The van der Waals surface area contributed by atoms with Crippen molar-refractivity contribution >= 4 is 64.9 Å². The molecule has 1 aromatic carbocycles. The molecule has 1 nitrogen and oxygen atoms in total. The van der Waals surface area contributed by atoms with Gasteiger partial charge >= 0.3 is 0 Å². The van der Waals surface area contributed by atoms with Crippen LogP contribution in [0.2, 0.25) is 0 Å². The zero-order chi connectivity index (χ0) is 12.6. The van der Waals surface area contributed by atoms with Gasteiger partial charge in [0, 0.05) is 14.5 Å². The molecule has 1 aromatic heterocycles. The molecule has 2 aromatic rings. The van der Waals surface area contributed by atoms with Crippen LogP contribution in [0.1, 0.15) is 20.8 Å². The van der Waals surface area contributed by atoms with Gasteiger partial charge in [-0.2, -0.15) is 0 Å². The maximum atomic E-state index is 12.3. The summed E-state index contributed by atoms with van der Waals surface area (Å²) < 4.78 is 2.68. The largest absolute Gasteiger partial charge is 0.288 e. The lowest BCUT2D eigenvalue weighted by Gasteiger charge is -2.02. The highest BCUT2D eigenvalue weighted by atomic mass is 79.9. The van der Waals surface area contributed by atoms with E-state index in [2.05, 4.69) is 47.8 Å². The summed E-state index contributed by atoms with van der Waals surface area (Å²) in [6, 6.07) is 7.58. The zero-order valence-corrected chi connectivity index (χ0v) is 14.3. The first-order valence-corrected chi connectivity index (χ1v) is 7.94. The van der Waals surface area contributed by atoms with E-state index in [1.54, 1.807) is 0 Å². The summed E-state index contributed by atoms with van der Waals surface area (Å²) in [6.45, 7) is 2.00. The van der Waals surface area contributed by atoms with Crippen molar-refractivity contribution in [3.63, 3.8) is 0 Å². The van der Waals surface area contributed by atoms with Crippen LogP contribution in [0.3, 0.4) is 0 Å². The number of ketones is 1. The van der Waals surface area contributed by atoms with E-state index in [-0.39, 0.29) is 5.78 Å². The molecular formula is C12H7Br3OS. The molecule has 0 N–H and O–H groups in total. The van der Waals surface area contributed by atoms with Gasteiger partial charge in [-0.15, -0.1) is 11.3 Å². The van der Waals surface area contributed by atoms with Crippen LogP contribution in [0.15, 0.2) is 37.0 Å². The number of thiophene rings is 1. The number of aryl methyl sites for hydroxylation is 1. The number of hydrogen-bond acceptors (Lipinski definition) is 2. The van der Waals surface area contributed by atoms with Crippen molar-refractivity contribution < 1.29 is 4.79 Å². The summed E-state index contributed by atoms with van der Waals surface area (Å²) in [6.07, 6.45) is 0. The molecule has 17 heavy (non-hydrogen) atoms. The van der Waals surface area contributed by atoms with Gasteiger partial charge in [-0.1, -0.05) is 22.0 Å². The number of hydrogen-bond donors (Lipinski definition) is 0. The molecule has 0 aliphatic rings. The highest BCUT2D eigenvalue weighted by Gasteiger charge is 2.16. The Kier molecular flexibility index (Phi) is 4.23. The minimum absolute atomic E-state index is 0.0354. The van der Waals surface area contributed by atoms with Gasteiger partial charge < -0.3 is 0 Å². The second-order valence-corrected chi connectivity index (χ2v) is 7.62. The molecule has 0 atom stereocenters. The average Bonchev–Trinajstić information content (AvgIpc) is 2.58. The third kappa shape index (κ3) is 2.89. The summed E-state index contributed by atoms with van der Waals surface area (Å²) in [4.78, 5) is 13.0. The Morgan fingerprint density at radius 3 is 2.35 bits per heavy atom. The van der Waals surface area contributed by atoms with E-state index < -0.39 is 0 Å². The van der Waals surface area contributed by atoms with E-state index in [0.29, 0.717) is 10.4 Å². The smallest absolute Gasteiger partial charge is 0.204 e. The molecule has 0 spiro atoms. The van der Waals surface area contributed by atoms with E-state index in [1.165, 1.54) is 11.3 Å².